The third-order valence-corrected chi connectivity index (χ3v) is 3.56. The van der Waals surface area contributed by atoms with Gasteiger partial charge in [0.05, 0.1) is 20.3 Å². The van der Waals surface area contributed by atoms with E-state index in [4.69, 9.17) is 9.47 Å². The number of hydrogen-bond acceptors (Lipinski definition) is 4. The average molecular weight is 296 g/mol. The van der Waals surface area contributed by atoms with Crippen LogP contribution in [0.4, 0.5) is 0 Å². The molecule has 0 aromatic heterocycles. The summed E-state index contributed by atoms with van der Waals surface area (Å²) >= 11 is 0. The summed E-state index contributed by atoms with van der Waals surface area (Å²) in [6, 6.07) is 17.7. The van der Waals surface area contributed by atoms with Gasteiger partial charge >= 0.3 is 0 Å². The van der Waals surface area contributed by atoms with Crippen molar-refractivity contribution in [3.8, 4) is 17.6 Å². The SMILES string of the molecule is COc1ccc(C(C#N)N(C)Cc2ccccc2)cc1OC. The van der Waals surface area contributed by atoms with E-state index >= 15 is 0 Å². The van der Waals surface area contributed by atoms with Crippen molar-refractivity contribution in [3.63, 3.8) is 0 Å². The second kappa shape index (κ2) is 7.48. The molecule has 0 aliphatic rings. The Kier molecular flexibility index (Phi) is 5.40. The van der Waals surface area contributed by atoms with Crippen molar-refractivity contribution in [3.05, 3.63) is 59.7 Å². The Bertz CT molecular complexity index is 650. The van der Waals surface area contributed by atoms with E-state index in [1.165, 1.54) is 5.56 Å². The van der Waals surface area contributed by atoms with E-state index in [0.717, 1.165) is 5.56 Å². The first-order chi connectivity index (χ1) is 10.7. The standard InChI is InChI=1S/C18H20N2O2/c1-20(13-14-7-5-4-6-8-14)16(12-19)15-9-10-17(21-2)18(11-15)22-3/h4-11,16H,13H2,1-3H3. The summed E-state index contributed by atoms with van der Waals surface area (Å²) in [6.45, 7) is 0.702. The van der Waals surface area contributed by atoms with Gasteiger partial charge in [0.15, 0.2) is 11.5 Å². The van der Waals surface area contributed by atoms with Gasteiger partial charge in [-0.2, -0.15) is 5.26 Å². The van der Waals surface area contributed by atoms with Crippen LogP contribution in [0.3, 0.4) is 0 Å². The van der Waals surface area contributed by atoms with Crippen LogP contribution in [0, 0.1) is 11.3 Å². The molecular formula is C18H20N2O2. The second-order valence-corrected chi connectivity index (χ2v) is 5.05. The number of rotatable bonds is 6. The monoisotopic (exact) mass is 296 g/mol. The number of nitriles is 1. The summed E-state index contributed by atoms with van der Waals surface area (Å²) in [5.41, 5.74) is 2.06. The molecule has 0 radical (unpaired) electrons. The number of ether oxygens (including phenoxy) is 2. The van der Waals surface area contributed by atoms with Gasteiger partial charge in [-0.05, 0) is 30.3 Å². The zero-order valence-electron chi connectivity index (χ0n) is 13.1. The van der Waals surface area contributed by atoms with Crippen LogP contribution in [-0.2, 0) is 6.54 Å². The summed E-state index contributed by atoms with van der Waals surface area (Å²) in [5.74, 6) is 1.29. The molecule has 0 aliphatic carbocycles. The third-order valence-electron chi connectivity index (χ3n) is 3.56. The summed E-state index contributed by atoms with van der Waals surface area (Å²) in [5, 5.41) is 9.55. The van der Waals surface area contributed by atoms with Crippen LogP contribution in [0.25, 0.3) is 0 Å². The number of hydrogen-bond donors (Lipinski definition) is 0. The Balaban J connectivity index is 2.22. The predicted molar refractivity (Wildman–Crippen MR) is 85.8 cm³/mol. The van der Waals surface area contributed by atoms with Crippen molar-refractivity contribution in [2.24, 2.45) is 0 Å². The van der Waals surface area contributed by atoms with Gasteiger partial charge in [0.2, 0.25) is 0 Å². The molecule has 114 valence electrons. The molecule has 2 aromatic carbocycles. The normalized spacial score (nSPS) is 11.8. The Hall–Kier alpha value is -2.51. The number of benzene rings is 2. The Morgan fingerprint density at radius 1 is 1.05 bits per heavy atom. The van der Waals surface area contributed by atoms with Crippen molar-refractivity contribution in [2.75, 3.05) is 21.3 Å². The largest absolute Gasteiger partial charge is 0.493 e. The van der Waals surface area contributed by atoms with Crippen molar-refractivity contribution in [1.29, 1.82) is 5.26 Å². The molecule has 1 unspecified atom stereocenters. The fraction of sp³-hybridized carbons (Fsp3) is 0.278. The van der Waals surface area contributed by atoms with E-state index in [1.54, 1.807) is 14.2 Å². The van der Waals surface area contributed by atoms with Crippen LogP contribution in [-0.4, -0.2) is 26.2 Å². The first-order valence-corrected chi connectivity index (χ1v) is 7.05. The van der Waals surface area contributed by atoms with Gasteiger partial charge in [-0.1, -0.05) is 36.4 Å². The lowest BCUT2D eigenvalue weighted by Crippen LogP contribution is -2.23. The maximum absolute atomic E-state index is 9.55. The number of methoxy groups -OCH3 is 2. The highest BCUT2D eigenvalue weighted by molar-refractivity contribution is 5.44. The summed E-state index contributed by atoms with van der Waals surface area (Å²) in [4.78, 5) is 2.01. The van der Waals surface area contributed by atoms with E-state index < -0.39 is 0 Å². The lowest BCUT2D eigenvalue weighted by atomic mass is 10.1. The molecule has 0 N–H and O–H groups in total. The highest BCUT2D eigenvalue weighted by Crippen LogP contribution is 2.31. The number of nitrogens with zero attached hydrogens (tertiary/aromatic N) is 2. The molecule has 0 fully saturated rings. The topological polar surface area (TPSA) is 45.5 Å². The van der Waals surface area contributed by atoms with Crippen LogP contribution in [0.15, 0.2) is 48.5 Å². The van der Waals surface area contributed by atoms with Gasteiger partial charge in [0.1, 0.15) is 6.04 Å². The molecule has 1 atom stereocenters. The van der Waals surface area contributed by atoms with Crippen LogP contribution in [0.5, 0.6) is 11.5 Å². The molecule has 2 rings (SSSR count). The molecule has 4 heteroatoms. The lowest BCUT2D eigenvalue weighted by Gasteiger charge is -2.23. The van der Waals surface area contributed by atoms with E-state index in [9.17, 15) is 5.26 Å². The maximum Gasteiger partial charge on any atom is 0.161 e. The minimum absolute atomic E-state index is 0.347. The molecule has 0 saturated heterocycles. The highest BCUT2D eigenvalue weighted by atomic mass is 16.5. The molecule has 0 spiro atoms. The molecule has 0 bridgehead atoms. The van der Waals surface area contributed by atoms with Crippen LogP contribution >= 0.6 is 0 Å². The summed E-state index contributed by atoms with van der Waals surface area (Å²) < 4.78 is 10.6. The predicted octanol–water partition coefficient (Wildman–Crippen LogP) is 3.40. The van der Waals surface area contributed by atoms with Crippen molar-refractivity contribution >= 4 is 0 Å². The van der Waals surface area contributed by atoms with Gasteiger partial charge in [-0.3, -0.25) is 4.90 Å². The fourth-order valence-electron chi connectivity index (χ4n) is 2.41. The Labute approximate surface area is 131 Å². The smallest absolute Gasteiger partial charge is 0.161 e. The molecule has 22 heavy (non-hydrogen) atoms. The zero-order valence-corrected chi connectivity index (χ0v) is 13.1. The van der Waals surface area contributed by atoms with E-state index in [-0.39, 0.29) is 6.04 Å². The summed E-state index contributed by atoms with van der Waals surface area (Å²) in [6.07, 6.45) is 0. The Morgan fingerprint density at radius 3 is 2.32 bits per heavy atom. The maximum atomic E-state index is 9.55. The van der Waals surface area contributed by atoms with Gasteiger partial charge in [-0.15, -0.1) is 0 Å². The molecule has 0 heterocycles. The summed E-state index contributed by atoms with van der Waals surface area (Å²) in [7, 11) is 5.13. The second-order valence-electron chi connectivity index (χ2n) is 5.05. The van der Waals surface area contributed by atoms with Crippen molar-refractivity contribution in [2.45, 2.75) is 12.6 Å². The Morgan fingerprint density at radius 2 is 1.73 bits per heavy atom. The quantitative estimate of drug-likeness (QED) is 0.819. The molecule has 4 nitrogen and oxygen atoms in total. The van der Waals surface area contributed by atoms with Gasteiger partial charge < -0.3 is 9.47 Å². The van der Waals surface area contributed by atoms with Crippen molar-refractivity contribution in [1.82, 2.24) is 4.90 Å². The molecule has 0 saturated carbocycles. The molecular weight excluding hydrogens is 276 g/mol. The molecule has 2 aromatic rings. The molecule has 0 amide bonds. The fourth-order valence-corrected chi connectivity index (χ4v) is 2.41. The third kappa shape index (κ3) is 3.57. The minimum Gasteiger partial charge on any atom is -0.493 e. The highest BCUT2D eigenvalue weighted by Gasteiger charge is 2.18. The van der Waals surface area contributed by atoms with Gasteiger partial charge in [0, 0.05) is 6.54 Å². The van der Waals surface area contributed by atoms with Crippen molar-refractivity contribution < 1.29 is 9.47 Å². The van der Waals surface area contributed by atoms with E-state index in [2.05, 4.69) is 18.2 Å². The van der Waals surface area contributed by atoms with Crippen LogP contribution < -0.4 is 9.47 Å². The average Bonchev–Trinajstić information content (AvgIpc) is 2.56. The van der Waals surface area contributed by atoms with E-state index in [1.807, 2.05) is 48.3 Å². The van der Waals surface area contributed by atoms with Gasteiger partial charge in [0.25, 0.3) is 0 Å². The minimum atomic E-state index is -0.347. The zero-order chi connectivity index (χ0) is 15.9. The molecule has 0 aliphatic heterocycles. The van der Waals surface area contributed by atoms with Crippen LogP contribution in [0.1, 0.15) is 17.2 Å². The van der Waals surface area contributed by atoms with Gasteiger partial charge in [-0.25, -0.2) is 0 Å². The first kappa shape index (κ1) is 15.9. The van der Waals surface area contributed by atoms with E-state index in [0.29, 0.717) is 18.0 Å². The first-order valence-electron chi connectivity index (χ1n) is 7.05. The lowest BCUT2D eigenvalue weighted by molar-refractivity contribution is 0.282. The van der Waals surface area contributed by atoms with Crippen LogP contribution in [0.2, 0.25) is 0 Å².